The highest BCUT2D eigenvalue weighted by atomic mass is 19.1. The molecule has 2 nitrogen and oxygen atoms in total. The van der Waals surface area contributed by atoms with E-state index in [2.05, 4.69) is 11.8 Å². The quantitative estimate of drug-likeness (QED) is 0.516. The molecular weight excluding hydrogens is 363 g/mol. The highest BCUT2D eigenvalue weighted by molar-refractivity contribution is 5.93. The summed E-state index contributed by atoms with van der Waals surface area (Å²) in [6, 6.07) is 23.5. The third kappa shape index (κ3) is 5.00. The third-order valence-electron chi connectivity index (χ3n) is 4.79. The second kappa shape index (κ2) is 8.58. The number of carbonyl (C=O) groups excluding carboxylic acids is 1. The normalized spacial score (nSPS) is 15.8. The topological polar surface area (TPSA) is 26.3 Å². The molecular formula is C26H19FO2. The molecule has 3 aromatic carbocycles. The van der Waals surface area contributed by atoms with E-state index in [1.54, 1.807) is 18.2 Å². The van der Waals surface area contributed by atoms with E-state index in [4.69, 9.17) is 4.74 Å². The molecule has 0 saturated heterocycles. The van der Waals surface area contributed by atoms with Gasteiger partial charge in [-0.05, 0) is 72.5 Å². The van der Waals surface area contributed by atoms with Gasteiger partial charge < -0.3 is 4.74 Å². The first-order valence-electron chi connectivity index (χ1n) is 9.49. The average molecular weight is 382 g/mol. The number of para-hydroxylation sites is 1. The van der Waals surface area contributed by atoms with E-state index in [1.807, 2.05) is 54.6 Å². The third-order valence-corrected chi connectivity index (χ3v) is 4.79. The van der Waals surface area contributed by atoms with Crippen LogP contribution in [0.4, 0.5) is 4.39 Å². The summed E-state index contributed by atoms with van der Waals surface area (Å²) < 4.78 is 18.9. The number of carbonyl (C=O) groups is 1. The first-order chi connectivity index (χ1) is 14.2. The van der Waals surface area contributed by atoms with E-state index >= 15 is 0 Å². The van der Waals surface area contributed by atoms with Crippen molar-refractivity contribution in [2.75, 3.05) is 0 Å². The number of ketones is 1. The molecule has 0 bridgehead atoms. The molecule has 0 N–H and O–H groups in total. The van der Waals surface area contributed by atoms with Gasteiger partial charge in [0.1, 0.15) is 17.3 Å². The highest BCUT2D eigenvalue weighted by Crippen LogP contribution is 2.31. The van der Waals surface area contributed by atoms with Gasteiger partial charge >= 0.3 is 0 Å². The van der Waals surface area contributed by atoms with Crippen LogP contribution in [0.2, 0.25) is 0 Å². The minimum absolute atomic E-state index is 0.0408. The zero-order valence-electron chi connectivity index (χ0n) is 15.8. The van der Waals surface area contributed by atoms with E-state index < -0.39 is 0 Å². The molecule has 3 aromatic rings. The lowest BCUT2D eigenvalue weighted by atomic mass is 9.83. The SMILES string of the molecule is O=C1C=C(C#Cc2ccc(Oc3ccccc3)cc2)C[C@@H](c2ccc(F)cc2)C1. The summed E-state index contributed by atoms with van der Waals surface area (Å²) in [5.41, 5.74) is 2.62. The minimum Gasteiger partial charge on any atom is -0.457 e. The zero-order valence-corrected chi connectivity index (χ0v) is 15.8. The van der Waals surface area contributed by atoms with E-state index in [0.29, 0.717) is 12.8 Å². The van der Waals surface area contributed by atoms with Crippen molar-refractivity contribution >= 4 is 5.78 Å². The molecule has 0 fully saturated rings. The van der Waals surface area contributed by atoms with Crippen LogP contribution in [0.5, 0.6) is 11.5 Å². The summed E-state index contributed by atoms with van der Waals surface area (Å²) in [5.74, 6) is 7.59. The summed E-state index contributed by atoms with van der Waals surface area (Å²) in [6.45, 7) is 0. The fourth-order valence-electron chi connectivity index (χ4n) is 3.33. The largest absolute Gasteiger partial charge is 0.457 e. The first kappa shape index (κ1) is 18.7. The van der Waals surface area contributed by atoms with Crippen LogP contribution in [0.25, 0.3) is 0 Å². The van der Waals surface area contributed by atoms with E-state index in [0.717, 1.165) is 28.2 Å². The Hall–Kier alpha value is -3.64. The Balaban J connectivity index is 1.45. The molecule has 0 saturated carbocycles. The molecule has 1 aliphatic rings. The molecule has 4 rings (SSSR count). The summed E-state index contributed by atoms with van der Waals surface area (Å²) >= 11 is 0. The van der Waals surface area contributed by atoms with Crippen molar-refractivity contribution in [3.05, 3.63) is 107 Å². The summed E-state index contributed by atoms with van der Waals surface area (Å²) in [5, 5.41) is 0. The van der Waals surface area contributed by atoms with Crippen LogP contribution >= 0.6 is 0 Å². The Kier molecular flexibility index (Phi) is 5.54. The highest BCUT2D eigenvalue weighted by Gasteiger charge is 2.21. The standard InChI is InChI=1S/C26H19FO2/c27-23-12-10-21(11-13-23)22-16-20(17-24(28)18-22)7-6-19-8-14-26(15-9-19)29-25-4-2-1-3-5-25/h1-5,8-15,17,22H,16,18H2/t22-/m1/s1. The molecule has 0 unspecified atom stereocenters. The van der Waals surface area contributed by atoms with Crippen LogP contribution < -0.4 is 4.74 Å². The molecule has 1 aliphatic carbocycles. The molecule has 0 aromatic heterocycles. The lowest BCUT2D eigenvalue weighted by Crippen LogP contribution is -2.12. The van der Waals surface area contributed by atoms with Crippen LogP contribution in [-0.2, 0) is 4.79 Å². The average Bonchev–Trinajstić information content (AvgIpc) is 2.74. The van der Waals surface area contributed by atoms with Gasteiger partial charge in [0.25, 0.3) is 0 Å². The summed E-state index contributed by atoms with van der Waals surface area (Å²) in [7, 11) is 0. The maximum Gasteiger partial charge on any atom is 0.157 e. The Morgan fingerprint density at radius 2 is 1.48 bits per heavy atom. The van der Waals surface area contributed by atoms with Gasteiger partial charge in [-0.3, -0.25) is 4.79 Å². The lowest BCUT2D eigenvalue weighted by molar-refractivity contribution is -0.115. The maximum atomic E-state index is 13.2. The number of hydrogen-bond acceptors (Lipinski definition) is 2. The van der Waals surface area contributed by atoms with Gasteiger partial charge in [0.05, 0.1) is 0 Å². The van der Waals surface area contributed by atoms with Crippen molar-refractivity contribution in [2.24, 2.45) is 0 Å². The van der Waals surface area contributed by atoms with Crippen LogP contribution in [0.3, 0.4) is 0 Å². The first-order valence-corrected chi connectivity index (χ1v) is 9.49. The molecule has 0 amide bonds. The molecule has 0 aliphatic heterocycles. The van der Waals surface area contributed by atoms with Crippen molar-refractivity contribution in [1.29, 1.82) is 0 Å². The number of hydrogen-bond donors (Lipinski definition) is 0. The van der Waals surface area contributed by atoms with Crippen molar-refractivity contribution in [3.8, 4) is 23.3 Å². The predicted octanol–water partition coefficient (Wildman–Crippen LogP) is 6.04. The van der Waals surface area contributed by atoms with Crippen molar-refractivity contribution in [1.82, 2.24) is 0 Å². The molecule has 142 valence electrons. The maximum absolute atomic E-state index is 13.2. The lowest BCUT2D eigenvalue weighted by Gasteiger charge is -2.20. The molecule has 29 heavy (non-hydrogen) atoms. The second-order valence-electron chi connectivity index (χ2n) is 6.98. The number of benzene rings is 3. The van der Waals surface area contributed by atoms with Crippen LogP contribution in [-0.4, -0.2) is 5.78 Å². The van der Waals surface area contributed by atoms with E-state index in [9.17, 15) is 9.18 Å². The van der Waals surface area contributed by atoms with Gasteiger partial charge in [-0.25, -0.2) is 4.39 Å². The molecule has 0 spiro atoms. The van der Waals surface area contributed by atoms with Crippen molar-refractivity contribution in [2.45, 2.75) is 18.8 Å². The Morgan fingerprint density at radius 3 is 2.21 bits per heavy atom. The number of rotatable bonds is 3. The molecule has 3 heteroatoms. The van der Waals surface area contributed by atoms with Crippen LogP contribution in [0, 0.1) is 17.7 Å². The second-order valence-corrected chi connectivity index (χ2v) is 6.98. The number of allylic oxidation sites excluding steroid dienone is 2. The Labute approximate surface area is 169 Å². The number of halogens is 1. The van der Waals surface area contributed by atoms with Crippen molar-refractivity contribution < 1.29 is 13.9 Å². The zero-order chi connectivity index (χ0) is 20.1. The molecule has 1 atom stereocenters. The minimum atomic E-state index is -0.272. The smallest absolute Gasteiger partial charge is 0.157 e. The van der Waals surface area contributed by atoms with Crippen molar-refractivity contribution in [3.63, 3.8) is 0 Å². The van der Waals surface area contributed by atoms with Gasteiger partial charge in [0.15, 0.2) is 5.78 Å². The molecule has 0 radical (unpaired) electrons. The Bertz CT molecular complexity index is 1090. The van der Waals surface area contributed by atoms with E-state index in [1.165, 1.54) is 12.1 Å². The van der Waals surface area contributed by atoms with Gasteiger partial charge in [-0.2, -0.15) is 0 Å². The van der Waals surface area contributed by atoms with Gasteiger partial charge in [-0.1, -0.05) is 42.2 Å². The Morgan fingerprint density at radius 1 is 0.793 bits per heavy atom. The fraction of sp³-hybridized carbons (Fsp3) is 0.115. The summed E-state index contributed by atoms with van der Waals surface area (Å²) in [6.07, 6.45) is 2.74. The summed E-state index contributed by atoms with van der Waals surface area (Å²) in [4.78, 5) is 12.1. The van der Waals surface area contributed by atoms with Crippen LogP contribution in [0.15, 0.2) is 90.5 Å². The molecule has 0 heterocycles. The van der Waals surface area contributed by atoms with Crippen LogP contribution in [0.1, 0.15) is 29.9 Å². The van der Waals surface area contributed by atoms with E-state index in [-0.39, 0.29) is 17.5 Å². The monoisotopic (exact) mass is 382 g/mol. The fourth-order valence-corrected chi connectivity index (χ4v) is 3.33. The van der Waals surface area contributed by atoms with Gasteiger partial charge in [0, 0.05) is 17.6 Å². The predicted molar refractivity (Wildman–Crippen MR) is 111 cm³/mol. The van der Waals surface area contributed by atoms with Gasteiger partial charge in [0.2, 0.25) is 0 Å². The number of ether oxygens (including phenoxy) is 1. The van der Waals surface area contributed by atoms with Gasteiger partial charge in [-0.15, -0.1) is 0 Å².